The Morgan fingerprint density at radius 3 is 2.74 bits per heavy atom. The smallest absolute Gasteiger partial charge is 0.271 e. The number of methoxy groups -OCH3 is 1. The second kappa shape index (κ2) is 7.21. The molecule has 3 rings (SSSR count). The molecule has 3 aromatic rings. The van der Waals surface area contributed by atoms with Gasteiger partial charge in [-0.3, -0.25) is 19.5 Å². The van der Waals surface area contributed by atoms with E-state index in [2.05, 4.69) is 4.98 Å². The molecule has 0 radical (unpaired) electrons. The van der Waals surface area contributed by atoms with Crippen LogP contribution in [0, 0.1) is 27.3 Å². The normalized spacial score (nSPS) is 10.6. The summed E-state index contributed by atoms with van der Waals surface area (Å²) < 4.78 is 20.2. The van der Waals surface area contributed by atoms with Gasteiger partial charge in [-0.05, 0) is 24.1 Å². The van der Waals surface area contributed by atoms with Crippen LogP contribution in [0.2, 0.25) is 0 Å². The van der Waals surface area contributed by atoms with Crippen LogP contribution in [-0.2, 0) is 13.0 Å². The van der Waals surface area contributed by atoms with Crippen molar-refractivity contribution >= 4 is 16.6 Å². The number of fused-ring (bicyclic) bond motifs is 1. The zero-order valence-corrected chi connectivity index (χ0v) is 14.2. The predicted molar refractivity (Wildman–Crippen MR) is 94.0 cm³/mol. The van der Waals surface area contributed by atoms with E-state index in [1.165, 1.54) is 25.3 Å². The maximum atomic E-state index is 14.1. The Hall–Kier alpha value is -3.80. The highest BCUT2D eigenvalue weighted by molar-refractivity contribution is 5.80. The average Bonchev–Trinajstić information content (AvgIpc) is 2.67. The van der Waals surface area contributed by atoms with Crippen molar-refractivity contribution in [3.05, 3.63) is 74.1 Å². The molecule has 1 heterocycles. The van der Waals surface area contributed by atoms with Crippen LogP contribution in [0.5, 0.6) is 5.75 Å². The van der Waals surface area contributed by atoms with Crippen molar-refractivity contribution in [3.8, 4) is 11.8 Å². The number of ether oxygens (including phenoxy) is 1. The Balaban J connectivity index is 2.00. The highest BCUT2D eigenvalue weighted by atomic mass is 19.1. The van der Waals surface area contributed by atoms with E-state index < -0.39 is 16.3 Å². The summed E-state index contributed by atoms with van der Waals surface area (Å²) in [6, 6.07) is 9.84. The van der Waals surface area contributed by atoms with Crippen molar-refractivity contribution in [1.82, 2.24) is 9.55 Å². The van der Waals surface area contributed by atoms with Crippen LogP contribution in [-0.4, -0.2) is 21.6 Å². The number of aryl methyl sites for hydroxylation is 1. The topological polar surface area (TPSA) is 111 Å². The molecule has 136 valence electrons. The third-order valence-electron chi connectivity index (χ3n) is 4.11. The Labute approximate surface area is 152 Å². The zero-order chi connectivity index (χ0) is 19.6. The Bertz CT molecular complexity index is 1150. The summed E-state index contributed by atoms with van der Waals surface area (Å²) >= 11 is 0. The largest absolute Gasteiger partial charge is 0.497 e. The molecular formula is C18H13FN4O4. The molecule has 1 aromatic heterocycles. The van der Waals surface area contributed by atoms with Gasteiger partial charge in [0, 0.05) is 24.7 Å². The number of nitro benzene ring substituents is 1. The first kappa shape index (κ1) is 18.0. The van der Waals surface area contributed by atoms with E-state index >= 15 is 0 Å². The summed E-state index contributed by atoms with van der Waals surface area (Å²) in [5, 5.41) is 20.3. The summed E-state index contributed by atoms with van der Waals surface area (Å²) in [4.78, 5) is 27.0. The predicted octanol–water partition coefficient (Wildman–Crippen LogP) is 2.57. The zero-order valence-electron chi connectivity index (χ0n) is 14.2. The molecule has 0 saturated carbocycles. The molecule has 0 atom stereocenters. The molecule has 0 unspecified atom stereocenters. The van der Waals surface area contributed by atoms with Crippen molar-refractivity contribution in [2.45, 2.75) is 13.0 Å². The first-order chi connectivity index (χ1) is 12.9. The molecule has 0 bridgehead atoms. The highest BCUT2D eigenvalue weighted by Gasteiger charge is 2.15. The van der Waals surface area contributed by atoms with Crippen LogP contribution in [0.4, 0.5) is 10.1 Å². The van der Waals surface area contributed by atoms with Crippen molar-refractivity contribution in [3.63, 3.8) is 0 Å². The van der Waals surface area contributed by atoms with E-state index in [4.69, 9.17) is 4.74 Å². The number of halogens is 1. The maximum absolute atomic E-state index is 14.1. The fourth-order valence-electron chi connectivity index (χ4n) is 2.71. The minimum atomic E-state index is -0.606. The summed E-state index contributed by atoms with van der Waals surface area (Å²) in [7, 11) is 1.43. The van der Waals surface area contributed by atoms with Crippen molar-refractivity contribution < 1.29 is 14.1 Å². The van der Waals surface area contributed by atoms with Gasteiger partial charge in [-0.15, -0.1) is 0 Å². The summed E-state index contributed by atoms with van der Waals surface area (Å²) in [5.41, 5.74) is -0.315. The number of hydrogen-bond acceptors (Lipinski definition) is 6. The molecule has 0 aliphatic carbocycles. The third kappa shape index (κ3) is 3.46. The first-order valence-corrected chi connectivity index (χ1v) is 7.86. The minimum absolute atomic E-state index is 0.0326. The van der Waals surface area contributed by atoms with Gasteiger partial charge in [0.15, 0.2) is 0 Å². The maximum Gasteiger partial charge on any atom is 0.271 e. The number of nitro groups is 1. The summed E-state index contributed by atoms with van der Waals surface area (Å²) in [6.45, 7) is 0.0326. The van der Waals surface area contributed by atoms with Gasteiger partial charge in [0.1, 0.15) is 17.6 Å². The Kier molecular flexibility index (Phi) is 4.81. The van der Waals surface area contributed by atoms with Crippen molar-refractivity contribution in [2.24, 2.45) is 0 Å². The Morgan fingerprint density at radius 1 is 1.33 bits per heavy atom. The van der Waals surface area contributed by atoms with Crippen LogP contribution in [0.3, 0.4) is 0 Å². The van der Waals surface area contributed by atoms with E-state index in [9.17, 15) is 24.6 Å². The average molecular weight is 368 g/mol. The van der Waals surface area contributed by atoms with Gasteiger partial charge in [-0.1, -0.05) is 6.07 Å². The second-order valence-corrected chi connectivity index (χ2v) is 5.67. The lowest BCUT2D eigenvalue weighted by Crippen LogP contribution is -2.25. The number of nitriles is 1. The standard InChI is InChI=1S/C18H13FN4O4/c1-27-13-4-2-11(15(19)9-13)6-7-22-17(10-20)21-16-8-12(23(25)26)3-5-14(16)18(22)24/h2-5,8-9H,6-7H2,1H3. The fourth-order valence-corrected chi connectivity index (χ4v) is 2.71. The lowest BCUT2D eigenvalue weighted by atomic mass is 10.1. The number of aromatic nitrogens is 2. The molecular weight excluding hydrogens is 355 g/mol. The van der Waals surface area contributed by atoms with Crippen LogP contribution < -0.4 is 10.3 Å². The Morgan fingerprint density at radius 2 is 2.11 bits per heavy atom. The molecule has 27 heavy (non-hydrogen) atoms. The molecule has 0 spiro atoms. The lowest BCUT2D eigenvalue weighted by molar-refractivity contribution is -0.384. The van der Waals surface area contributed by atoms with Crippen LogP contribution in [0.25, 0.3) is 10.9 Å². The molecule has 0 aliphatic rings. The quantitative estimate of drug-likeness (QED) is 0.505. The monoisotopic (exact) mass is 368 g/mol. The molecule has 0 aliphatic heterocycles. The molecule has 0 amide bonds. The van der Waals surface area contributed by atoms with Crippen molar-refractivity contribution in [1.29, 1.82) is 5.26 Å². The molecule has 9 heteroatoms. The molecule has 0 N–H and O–H groups in total. The van der Waals surface area contributed by atoms with E-state index in [0.717, 1.165) is 10.6 Å². The summed E-state index contributed by atoms with van der Waals surface area (Å²) in [5.74, 6) is -0.299. The van der Waals surface area contributed by atoms with Gasteiger partial charge in [0.25, 0.3) is 11.2 Å². The van der Waals surface area contributed by atoms with Crippen molar-refractivity contribution in [2.75, 3.05) is 7.11 Å². The fraction of sp³-hybridized carbons (Fsp3) is 0.167. The van der Waals surface area contributed by atoms with Gasteiger partial charge in [-0.25, -0.2) is 9.37 Å². The van der Waals surface area contributed by atoms with E-state index in [1.807, 2.05) is 6.07 Å². The number of hydrogen-bond donors (Lipinski definition) is 0. The van der Waals surface area contributed by atoms with Gasteiger partial charge in [0.2, 0.25) is 5.82 Å². The number of nitrogens with zero attached hydrogens (tertiary/aromatic N) is 4. The molecule has 0 saturated heterocycles. The second-order valence-electron chi connectivity index (χ2n) is 5.67. The number of non-ortho nitro benzene ring substituents is 1. The van der Waals surface area contributed by atoms with Gasteiger partial charge < -0.3 is 4.74 Å². The van der Waals surface area contributed by atoms with Gasteiger partial charge in [0.05, 0.1) is 22.9 Å². The van der Waals surface area contributed by atoms with Crippen LogP contribution in [0.15, 0.2) is 41.2 Å². The minimum Gasteiger partial charge on any atom is -0.497 e. The van der Waals surface area contributed by atoms with Gasteiger partial charge in [-0.2, -0.15) is 5.26 Å². The highest BCUT2D eigenvalue weighted by Crippen LogP contribution is 2.19. The van der Waals surface area contributed by atoms with Crippen LogP contribution in [0.1, 0.15) is 11.4 Å². The number of rotatable bonds is 5. The van der Waals surface area contributed by atoms with E-state index in [0.29, 0.717) is 11.3 Å². The van der Waals surface area contributed by atoms with E-state index in [1.54, 1.807) is 12.1 Å². The third-order valence-corrected chi connectivity index (χ3v) is 4.11. The van der Waals surface area contributed by atoms with Gasteiger partial charge >= 0.3 is 0 Å². The molecule has 2 aromatic carbocycles. The van der Waals surface area contributed by atoms with E-state index in [-0.39, 0.29) is 35.4 Å². The molecule has 8 nitrogen and oxygen atoms in total. The first-order valence-electron chi connectivity index (χ1n) is 7.86. The SMILES string of the molecule is COc1ccc(CCn2c(C#N)nc3cc([N+](=O)[O-])ccc3c2=O)c(F)c1. The molecule has 0 fully saturated rings. The lowest BCUT2D eigenvalue weighted by Gasteiger charge is -2.10. The number of benzene rings is 2. The summed E-state index contributed by atoms with van der Waals surface area (Å²) in [6.07, 6.45) is 0.157. The van der Waals surface area contributed by atoms with Crippen LogP contribution >= 0.6 is 0 Å².